The number of fused-ring (bicyclic) bond motifs is 2. The number of benzene rings is 2. The van der Waals surface area contributed by atoms with E-state index in [9.17, 15) is 0 Å². The minimum absolute atomic E-state index is 0.556. The first-order valence-electron chi connectivity index (χ1n) is 5.59. The summed E-state index contributed by atoms with van der Waals surface area (Å²) < 4.78 is 0. The molecule has 0 amide bonds. The van der Waals surface area contributed by atoms with Crippen molar-refractivity contribution in [1.82, 2.24) is 0 Å². The van der Waals surface area contributed by atoms with Crippen LogP contribution < -0.4 is 0 Å². The number of nitriles is 2. The molecule has 2 aromatic carbocycles. The molecule has 3 rings (SSSR count). The Balaban J connectivity index is 2.19. The third-order valence-corrected chi connectivity index (χ3v) is 3.48. The van der Waals surface area contributed by atoms with Crippen LogP contribution in [0.3, 0.4) is 0 Å². The predicted octanol–water partition coefficient (Wildman–Crippen LogP) is 2.97. The van der Waals surface area contributed by atoms with Gasteiger partial charge in [0.2, 0.25) is 0 Å². The zero-order chi connectivity index (χ0) is 11.9. The Morgan fingerprint density at radius 2 is 1.35 bits per heavy atom. The van der Waals surface area contributed by atoms with E-state index in [2.05, 4.69) is 36.4 Å². The van der Waals surface area contributed by atoms with Gasteiger partial charge >= 0.3 is 0 Å². The molecule has 0 bridgehead atoms. The summed E-state index contributed by atoms with van der Waals surface area (Å²) in [5.41, 5.74) is 1.44. The standard InChI is InChI=1S/C15H10N2/c16-9-15(10-17)7-13-5-11-3-1-2-4-12(11)6-14(13)8-15/h1-6H,7-8H2. The molecule has 0 heterocycles. The highest BCUT2D eigenvalue weighted by Gasteiger charge is 2.37. The van der Waals surface area contributed by atoms with Crippen molar-refractivity contribution in [2.45, 2.75) is 12.8 Å². The van der Waals surface area contributed by atoms with Crippen molar-refractivity contribution in [3.63, 3.8) is 0 Å². The van der Waals surface area contributed by atoms with Crippen LogP contribution in [-0.4, -0.2) is 0 Å². The third kappa shape index (κ3) is 1.39. The average Bonchev–Trinajstić information content (AvgIpc) is 2.74. The first-order valence-corrected chi connectivity index (χ1v) is 5.59. The van der Waals surface area contributed by atoms with E-state index >= 15 is 0 Å². The fourth-order valence-corrected chi connectivity index (χ4v) is 2.56. The van der Waals surface area contributed by atoms with E-state index in [1.165, 1.54) is 10.8 Å². The fourth-order valence-electron chi connectivity index (χ4n) is 2.56. The molecule has 80 valence electrons. The summed E-state index contributed by atoms with van der Waals surface area (Å²) in [6, 6.07) is 16.7. The summed E-state index contributed by atoms with van der Waals surface area (Å²) in [7, 11) is 0. The summed E-state index contributed by atoms with van der Waals surface area (Å²) in [6.07, 6.45) is 1.11. The average molecular weight is 218 g/mol. The Morgan fingerprint density at radius 1 is 0.882 bits per heavy atom. The Labute approximate surface area is 99.7 Å². The summed E-state index contributed by atoms with van der Waals surface area (Å²) >= 11 is 0. The van der Waals surface area contributed by atoms with Crippen molar-refractivity contribution >= 4 is 10.8 Å². The molecule has 2 heteroatoms. The molecule has 0 radical (unpaired) electrons. The van der Waals surface area contributed by atoms with Crippen LogP contribution in [-0.2, 0) is 12.8 Å². The highest BCUT2D eigenvalue weighted by atomic mass is 14.4. The van der Waals surface area contributed by atoms with Gasteiger partial charge in [-0.15, -0.1) is 0 Å². The van der Waals surface area contributed by atoms with Crippen molar-refractivity contribution in [3.05, 3.63) is 47.5 Å². The lowest BCUT2D eigenvalue weighted by atomic mass is 9.89. The van der Waals surface area contributed by atoms with E-state index in [-0.39, 0.29) is 0 Å². The van der Waals surface area contributed by atoms with E-state index in [1.54, 1.807) is 0 Å². The molecule has 2 aromatic rings. The molecule has 0 saturated heterocycles. The Kier molecular flexibility index (Phi) is 1.94. The van der Waals surface area contributed by atoms with Gasteiger partial charge in [-0.25, -0.2) is 0 Å². The van der Waals surface area contributed by atoms with Crippen LogP contribution in [0.15, 0.2) is 36.4 Å². The maximum atomic E-state index is 9.15. The van der Waals surface area contributed by atoms with Gasteiger partial charge in [-0.1, -0.05) is 36.4 Å². The van der Waals surface area contributed by atoms with Gasteiger partial charge in [0.1, 0.15) is 0 Å². The molecule has 0 atom stereocenters. The highest BCUT2D eigenvalue weighted by molar-refractivity contribution is 5.84. The summed E-state index contributed by atoms with van der Waals surface area (Å²) in [4.78, 5) is 0. The number of hydrogen-bond acceptors (Lipinski definition) is 2. The highest BCUT2D eigenvalue weighted by Crippen LogP contribution is 2.37. The van der Waals surface area contributed by atoms with Gasteiger partial charge < -0.3 is 0 Å². The van der Waals surface area contributed by atoms with Crippen molar-refractivity contribution < 1.29 is 0 Å². The second-order valence-corrected chi connectivity index (χ2v) is 4.63. The van der Waals surface area contributed by atoms with E-state index in [1.807, 2.05) is 12.1 Å². The van der Waals surface area contributed by atoms with Gasteiger partial charge in [0.15, 0.2) is 5.41 Å². The normalized spacial score (nSPS) is 16.1. The van der Waals surface area contributed by atoms with Gasteiger partial charge in [-0.3, -0.25) is 0 Å². The lowest BCUT2D eigenvalue weighted by Gasteiger charge is -2.06. The largest absolute Gasteiger partial charge is 0.197 e. The number of rotatable bonds is 0. The third-order valence-electron chi connectivity index (χ3n) is 3.48. The second-order valence-electron chi connectivity index (χ2n) is 4.63. The summed E-state index contributed by atoms with van der Waals surface area (Å²) in [5, 5.41) is 20.7. The predicted molar refractivity (Wildman–Crippen MR) is 65.0 cm³/mol. The lowest BCUT2D eigenvalue weighted by Crippen LogP contribution is -2.15. The van der Waals surface area contributed by atoms with Gasteiger partial charge in [-0.05, 0) is 21.9 Å². The molecule has 0 aromatic heterocycles. The molecule has 0 N–H and O–H groups in total. The van der Waals surface area contributed by atoms with E-state index in [4.69, 9.17) is 10.5 Å². The first kappa shape index (κ1) is 9.87. The van der Waals surface area contributed by atoms with Gasteiger partial charge in [0.25, 0.3) is 0 Å². The molecule has 0 saturated carbocycles. The Morgan fingerprint density at radius 3 is 1.76 bits per heavy atom. The van der Waals surface area contributed by atoms with Crippen LogP contribution in [0.1, 0.15) is 11.1 Å². The van der Waals surface area contributed by atoms with Gasteiger partial charge in [-0.2, -0.15) is 10.5 Å². The van der Waals surface area contributed by atoms with Crippen LogP contribution >= 0.6 is 0 Å². The lowest BCUT2D eigenvalue weighted by molar-refractivity contribution is 0.560. The number of nitrogens with zero attached hydrogens (tertiary/aromatic N) is 2. The van der Waals surface area contributed by atoms with E-state index in [0.717, 1.165) is 11.1 Å². The smallest absolute Gasteiger partial charge is 0.151 e. The van der Waals surface area contributed by atoms with Gasteiger partial charge in [0.05, 0.1) is 12.1 Å². The van der Waals surface area contributed by atoms with Gasteiger partial charge in [0, 0.05) is 12.8 Å². The maximum Gasteiger partial charge on any atom is 0.151 e. The molecule has 0 unspecified atom stereocenters. The van der Waals surface area contributed by atoms with Crippen LogP contribution in [0.4, 0.5) is 0 Å². The summed E-state index contributed by atoms with van der Waals surface area (Å²) in [6.45, 7) is 0. The second kappa shape index (κ2) is 3.34. The first-order chi connectivity index (χ1) is 8.26. The molecule has 17 heavy (non-hydrogen) atoms. The molecule has 1 aliphatic rings. The van der Waals surface area contributed by atoms with Crippen LogP contribution in [0, 0.1) is 28.1 Å². The van der Waals surface area contributed by atoms with E-state index < -0.39 is 5.41 Å². The Bertz CT molecular complexity index is 626. The molecule has 0 aliphatic heterocycles. The van der Waals surface area contributed by atoms with Crippen molar-refractivity contribution in [1.29, 1.82) is 10.5 Å². The SMILES string of the molecule is N#CC1(C#N)Cc2cc3ccccc3cc2C1. The maximum absolute atomic E-state index is 9.15. The Hall–Kier alpha value is -2.32. The minimum Gasteiger partial charge on any atom is -0.197 e. The monoisotopic (exact) mass is 218 g/mol. The summed E-state index contributed by atoms with van der Waals surface area (Å²) in [5.74, 6) is 0. The molecule has 2 nitrogen and oxygen atoms in total. The van der Waals surface area contributed by atoms with Crippen molar-refractivity contribution in [2.24, 2.45) is 5.41 Å². The van der Waals surface area contributed by atoms with Crippen LogP contribution in [0.5, 0.6) is 0 Å². The number of hydrogen-bond donors (Lipinski definition) is 0. The molecular weight excluding hydrogens is 208 g/mol. The zero-order valence-electron chi connectivity index (χ0n) is 9.27. The topological polar surface area (TPSA) is 47.6 Å². The quantitative estimate of drug-likeness (QED) is 0.682. The molecule has 0 spiro atoms. The van der Waals surface area contributed by atoms with Crippen LogP contribution in [0.2, 0.25) is 0 Å². The van der Waals surface area contributed by atoms with Crippen molar-refractivity contribution in [3.8, 4) is 12.1 Å². The molecule has 1 aliphatic carbocycles. The van der Waals surface area contributed by atoms with Crippen LogP contribution in [0.25, 0.3) is 10.8 Å². The molecular formula is C15H10N2. The molecule has 0 fully saturated rings. The minimum atomic E-state index is -0.848. The fraction of sp³-hybridized carbons (Fsp3) is 0.200. The van der Waals surface area contributed by atoms with Crippen molar-refractivity contribution in [2.75, 3.05) is 0 Å². The zero-order valence-corrected chi connectivity index (χ0v) is 9.27. The van der Waals surface area contributed by atoms with E-state index in [0.29, 0.717) is 12.8 Å².